The highest BCUT2D eigenvalue weighted by Gasteiger charge is 2.56. The smallest absolute Gasteiger partial charge is 0.348 e. The molecule has 3 fully saturated rings. The zero-order chi connectivity index (χ0) is 36.2. The Balaban J connectivity index is 1.19. The molecule has 4 aromatic carbocycles. The number of rotatable bonds is 5. The summed E-state index contributed by atoms with van der Waals surface area (Å²) in [6, 6.07) is 17.2. The summed E-state index contributed by atoms with van der Waals surface area (Å²) in [4.78, 5) is 26.8. The zero-order valence-corrected chi connectivity index (χ0v) is 28.0. The van der Waals surface area contributed by atoms with Gasteiger partial charge in [-0.15, -0.1) is 0 Å². The van der Waals surface area contributed by atoms with Crippen LogP contribution in [0.1, 0.15) is 31.3 Å². The number of benzene rings is 4. The van der Waals surface area contributed by atoms with Crippen molar-refractivity contribution in [1.82, 2.24) is 0 Å². The molecule has 11 atom stereocenters. The van der Waals surface area contributed by atoms with Crippen molar-refractivity contribution in [3.05, 3.63) is 92.6 Å². The summed E-state index contributed by atoms with van der Waals surface area (Å²) in [7, 11) is 0. The van der Waals surface area contributed by atoms with Crippen LogP contribution in [0.5, 0.6) is 11.5 Å². The minimum Gasteiger partial charge on any atom is -0.506 e. The van der Waals surface area contributed by atoms with Gasteiger partial charge in [-0.2, -0.15) is 0 Å². The van der Waals surface area contributed by atoms with Gasteiger partial charge in [0.05, 0.1) is 23.0 Å². The third-order valence-electron chi connectivity index (χ3n) is 10.4. The topological polar surface area (TPSA) is 197 Å². The Morgan fingerprint density at radius 1 is 0.654 bits per heavy atom. The fraction of sp³-hybridized carbons (Fsp3) is 0.368. The van der Waals surface area contributed by atoms with Crippen molar-refractivity contribution >= 4 is 43.5 Å². The van der Waals surface area contributed by atoms with E-state index in [0.717, 1.165) is 5.56 Å². The fourth-order valence-electron chi connectivity index (χ4n) is 7.72. The predicted molar refractivity (Wildman–Crippen MR) is 182 cm³/mol. The van der Waals surface area contributed by atoms with Gasteiger partial charge in [0.15, 0.2) is 24.3 Å². The number of ether oxygens (including phenoxy) is 6. The molecular formula is C38H34O14. The van der Waals surface area contributed by atoms with Gasteiger partial charge in [-0.05, 0) is 38.5 Å². The minimum absolute atomic E-state index is 0.0137. The van der Waals surface area contributed by atoms with Gasteiger partial charge in [0.2, 0.25) is 6.29 Å². The lowest BCUT2D eigenvalue weighted by Gasteiger charge is -2.45. The summed E-state index contributed by atoms with van der Waals surface area (Å²) >= 11 is 0. The van der Waals surface area contributed by atoms with Crippen molar-refractivity contribution in [2.45, 2.75) is 88.5 Å². The molecule has 14 heteroatoms. The van der Waals surface area contributed by atoms with Gasteiger partial charge in [-0.3, -0.25) is 0 Å². The summed E-state index contributed by atoms with van der Waals surface area (Å²) in [5, 5.41) is 44.3. The molecule has 3 aliphatic heterocycles. The molecule has 0 spiro atoms. The number of aromatic hydroxyl groups is 1. The molecule has 0 bridgehead atoms. The minimum atomic E-state index is -1.65. The highest BCUT2D eigenvalue weighted by atomic mass is 16.8. The second kappa shape index (κ2) is 12.2. The maximum atomic E-state index is 13.5. The van der Waals surface area contributed by atoms with E-state index >= 15 is 0 Å². The van der Waals surface area contributed by atoms with Gasteiger partial charge in [0.25, 0.3) is 0 Å². The van der Waals surface area contributed by atoms with E-state index in [2.05, 4.69) is 0 Å². The summed E-state index contributed by atoms with van der Waals surface area (Å²) < 4.78 is 49.4. The number of phenolic OH excluding ortho intramolecular Hbond substituents is 1. The van der Waals surface area contributed by atoms with Crippen molar-refractivity contribution in [1.29, 1.82) is 0 Å². The van der Waals surface area contributed by atoms with Crippen molar-refractivity contribution < 1.29 is 57.7 Å². The van der Waals surface area contributed by atoms with Crippen LogP contribution in [-0.2, 0) is 23.7 Å². The Morgan fingerprint density at radius 3 is 2.17 bits per heavy atom. The number of aryl methyl sites for hydroxylation is 1. The number of aliphatic hydroxyl groups excluding tert-OH is 3. The second-order valence-corrected chi connectivity index (χ2v) is 13.6. The summed E-state index contributed by atoms with van der Waals surface area (Å²) in [6.07, 6.45) is -12.4. The summed E-state index contributed by atoms with van der Waals surface area (Å²) in [5.74, 6) is -0.309. The molecule has 6 unspecified atom stereocenters. The van der Waals surface area contributed by atoms with Gasteiger partial charge < -0.3 is 57.7 Å². The Hall–Kier alpha value is -4.64. The molecule has 0 amide bonds. The van der Waals surface area contributed by atoms with E-state index in [-0.39, 0.29) is 43.8 Å². The van der Waals surface area contributed by atoms with Crippen LogP contribution in [0, 0.1) is 6.92 Å². The normalized spacial score (nSPS) is 32.2. The summed E-state index contributed by atoms with van der Waals surface area (Å²) in [5.41, 5.74) is -0.0274. The number of hydrogen-bond donors (Lipinski definition) is 4. The van der Waals surface area contributed by atoms with E-state index in [1.54, 1.807) is 44.2 Å². The van der Waals surface area contributed by atoms with Crippen LogP contribution in [0.25, 0.3) is 43.5 Å². The molecule has 2 aromatic heterocycles. The van der Waals surface area contributed by atoms with E-state index in [0.29, 0.717) is 10.9 Å². The first-order chi connectivity index (χ1) is 25.0. The molecular weight excluding hydrogens is 680 g/mol. The lowest BCUT2D eigenvalue weighted by atomic mass is 9.95. The van der Waals surface area contributed by atoms with Crippen LogP contribution in [0.3, 0.4) is 0 Å². The standard InChI is InChI=1S/C38H34O14/c1-14-12-13-20-23-21(14)34(43)49-31-22-18(27(40)25(24(23)31)35(44)47-20)10-7-11-19(22)48-38-33(52-37-29(42)28(41)26(39)15(2)45-37)32-30(16(3)46-38)50-36(51-32)17-8-5-4-6-9-17/h4-13,15-16,26,28-30,32-33,36-42H,1-3H3/t15?,16-,26-,28?,29?,30-,32?,33?,36?,37+,38+/m0/s1. The van der Waals surface area contributed by atoms with Crippen LogP contribution in [0.15, 0.2) is 79.1 Å². The van der Waals surface area contributed by atoms with E-state index in [1.807, 2.05) is 30.3 Å². The number of phenols is 1. The van der Waals surface area contributed by atoms with Gasteiger partial charge in [0, 0.05) is 21.7 Å². The first kappa shape index (κ1) is 33.2. The number of fused-ring (bicyclic) bond motifs is 3. The molecule has 0 radical (unpaired) electrons. The first-order valence-electron chi connectivity index (χ1n) is 16.9. The molecule has 3 aliphatic rings. The Labute approximate surface area is 293 Å². The van der Waals surface area contributed by atoms with Crippen LogP contribution in [-0.4, -0.2) is 81.8 Å². The largest absolute Gasteiger partial charge is 0.506 e. The van der Waals surface area contributed by atoms with Crippen LogP contribution in [0.4, 0.5) is 0 Å². The predicted octanol–water partition coefficient (Wildman–Crippen LogP) is 3.48. The molecule has 9 rings (SSSR count). The zero-order valence-electron chi connectivity index (χ0n) is 28.0. The molecule has 270 valence electrons. The van der Waals surface area contributed by atoms with Crippen molar-refractivity contribution in [3.8, 4) is 11.5 Å². The first-order valence-corrected chi connectivity index (χ1v) is 16.9. The van der Waals surface area contributed by atoms with Gasteiger partial charge in [0.1, 0.15) is 53.0 Å². The third-order valence-corrected chi connectivity index (χ3v) is 10.4. The Morgan fingerprint density at radius 2 is 1.38 bits per heavy atom. The SMILES string of the molecule is Cc1ccc2oc(=O)c3c(O)c4cccc(O[C@H]5O[C@@H](C)[C@@H]6OC(c7ccccc7)OC6C5O[C@H]5OC(C)[C@H](O)C(O)C5O)c4c4oc(=O)c1c2c34. The van der Waals surface area contributed by atoms with E-state index in [1.165, 1.54) is 6.92 Å². The highest BCUT2D eigenvalue weighted by Crippen LogP contribution is 2.47. The quantitative estimate of drug-likeness (QED) is 0.115. The lowest BCUT2D eigenvalue weighted by molar-refractivity contribution is -0.344. The van der Waals surface area contributed by atoms with Crippen LogP contribution in [0.2, 0.25) is 0 Å². The molecule has 0 saturated carbocycles. The molecule has 4 N–H and O–H groups in total. The number of hydrogen-bond acceptors (Lipinski definition) is 14. The van der Waals surface area contributed by atoms with Crippen molar-refractivity contribution in [2.75, 3.05) is 0 Å². The van der Waals surface area contributed by atoms with E-state index in [4.69, 9.17) is 37.3 Å². The second-order valence-electron chi connectivity index (χ2n) is 13.6. The lowest BCUT2D eigenvalue weighted by Crippen LogP contribution is -2.63. The van der Waals surface area contributed by atoms with Gasteiger partial charge in [-0.25, -0.2) is 9.59 Å². The maximum Gasteiger partial charge on any atom is 0.348 e. The molecule has 6 aromatic rings. The third kappa shape index (κ3) is 4.94. The molecule has 0 aliphatic carbocycles. The van der Waals surface area contributed by atoms with Crippen LogP contribution >= 0.6 is 0 Å². The van der Waals surface area contributed by atoms with E-state index in [9.17, 15) is 30.0 Å². The Bertz CT molecular complexity index is 2440. The fourth-order valence-corrected chi connectivity index (χ4v) is 7.72. The van der Waals surface area contributed by atoms with E-state index < -0.39 is 84.7 Å². The average Bonchev–Trinajstić information content (AvgIpc) is 3.59. The van der Waals surface area contributed by atoms with Crippen molar-refractivity contribution in [2.24, 2.45) is 0 Å². The molecule has 3 saturated heterocycles. The Kier molecular flexibility index (Phi) is 7.80. The molecule has 52 heavy (non-hydrogen) atoms. The average molecular weight is 715 g/mol. The molecule has 14 nitrogen and oxygen atoms in total. The van der Waals surface area contributed by atoms with Crippen LogP contribution < -0.4 is 16.0 Å². The van der Waals surface area contributed by atoms with Gasteiger partial charge in [-0.1, -0.05) is 48.5 Å². The monoisotopic (exact) mass is 714 g/mol. The summed E-state index contributed by atoms with van der Waals surface area (Å²) in [6.45, 7) is 5.04. The van der Waals surface area contributed by atoms with Gasteiger partial charge >= 0.3 is 11.3 Å². The molecule has 5 heterocycles. The maximum absolute atomic E-state index is 13.5. The van der Waals surface area contributed by atoms with Crippen molar-refractivity contribution in [3.63, 3.8) is 0 Å². The highest BCUT2D eigenvalue weighted by molar-refractivity contribution is 6.28. The number of aliphatic hydroxyl groups is 3.